The van der Waals surface area contributed by atoms with Crippen molar-refractivity contribution < 1.29 is 33.4 Å². The lowest BCUT2D eigenvalue weighted by Crippen LogP contribution is -2.52. The summed E-state index contributed by atoms with van der Waals surface area (Å²) in [7, 11) is 2.80. The van der Waals surface area contributed by atoms with Crippen LogP contribution in [-0.4, -0.2) is 74.4 Å². The normalized spacial score (nSPS) is 13.7. The molecule has 12 heteroatoms. The van der Waals surface area contributed by atoms with E-state index >= 15 is 0 Å². The van der Waals surface area contributed by atoms with E-state index in [-0.39, 0.29) is 24.7 Å². The lowest BCUT2D eigenvalue weighted by molar-refractivity contribution is -0.166. The van der Waals surface area contributed by atoms with Gasteiger partial charge in [0.15, 0.2) is 0 Å². The molecule has 1 aliphatic rings. The van der Waals surface area contributed by atoms with Crippen molar-refractivity contribution >= 4 is 40.9 Å². The summed E-state index contributed by atoms with van der Waals surface area (Å²) in [5.41, 5.74) is 4.05. The first-order chi connectivity index (χ1) is 21.7. The number of benzene rings is 3. The maximum absolute atomic E-state index is 12.9. The molecule has 3 aromatic rings. The fourth-order valence-corrected chi connectivity index (χ4v) is 5.09. The Balaban J connectivity index is 1.41. The quantitative estimate of drug-likeness (QED) is 0.267. The molecule has 4 amide bonds. The highest BCUT2D eigenvalue weighted by Gasteiger charge is 2.31. The highest BCUT2D eigenvalue weighted by Crippen LogP contribution is 2.29. The maximum atomic E-state index is 12.9. The number of nitrogens with one attached hydrogen (secondary N) is 3. The minimum Gasteiger partial charge on any atom is -0.495 e. The summed E-state index contributed by atoms with van der Waals surface area (Å²) in [5.74, 6) is -0.490. The number of carbonyl (C=O) groups excluding carboxylic acids is 4. The van der Waals surface area contributed by atoms with Crippen LogP contribution in [0.4, 0.5) is 21.9 Å². The van der Waals surface area contributed by atoms with Gasteiger partial charge in [-0.05, 0) is 53.9 Å². The van der Waals surface area contributed by atoms with Gasteiger partial charge in [-0.1, -0.05) is 36.4 Å². The van der Waals surface area contributed by atoms with Gasteiger partial charge in [0, 0.05) is 31.4 Å². The van der Waals surface area contributed by atoms with Crippen LogP contribution < -0.4 is 20.7 Å². The van der Waals surface area contributed by atoms with E-state index in [1.165, 1.54) is 21.1 Å². The first kappa shape index (κ1) is 33.0. The van der Waals surface area contributed by atoms with Gasteiger partial charge in [0.2, 0.25) is 11.8 Å². The van der Waals surface area contributed by atoms with E-state index < -0.39 is 18.0 Å². The van der Waals surface area contributed by atoms with Crippen LogP contribution in [0.15, 0.2) is 66.7 Å². The van der Waals surface area contributed by atoms with Crippen LogP contribution in [-0.2, 0) is 30.3 Å². The fraction of sp³-hybridized carbons (Fsp3) is 0.333. The molecule has 1 atom stereocenters. The van der Waals surface area contributed by atoms with Crippen molar-refractivity contribution in [2.75, 3.05) is 56.5 Å². The summed E-state index contributed by atoms with van der Waals surface area (Å²) in [6, 6.07) is 18.6. The number of hydrogen-bond acceptors (Lipinski definition) is 8. The average Bonchev–Trinajstić information content (AvgIpc) is 3.03. The lowest BCUT2D eigenvalue weighted by atomic mass is 10.0. The molecule has 238 valence electrons. The highest BCUT2D eigenvalue weighted by molar-refractivity contribution is 6.01. The number of methoxy groups -OCH3 is 2. The Hall–Kier alpha value is -4.94. The van der Waals surface area contributed by atoms with Gasteiger partial charge in [-0.25, -0.2) is 9.80 Å². The Morgan fingerprint density at radius 2 is 1.60 bits per heavy atom. The third kappa shape index (κ3) is 9.03. The molecule has 0 unspecified atom stereocenters. The fourth-order valence-electron chi connectivity index (χ4n) is 5.09. The topological polar surface area (TPSA) is 139 Å². The third-order valence-electron chi connectivity index (χ3n) is 7.35. The second-order valence-corrected chi connectivity index (χ2v) is 10.5. The Bertz CT molecular complexity index is 1510. The molecule has 3 N–H and O–H groups in total. The smallest absolute Gasteiger partial charge is 0.323 e. The number of rotatable bonds is 11. The van der Waals surface area contributed by atoms with E-state index in [0.717, 1.165) is 11.1 Å². The summed E-state index contributed by atoms with van der Waals surface area (Å²) in [5, 5.41) is 12.0. The molecule has 3 aromatic carbocycles. The molecule has 0 bridgehead atoms. The number of ether oxygens (including phenoxy) is 3. The van der Waals surface area contributed by atoms with E-state index in [1.807, 2.05) is 36.2 Å². The average molecular weight is 618 g/mol. The molecule has 1 saturated heterocycles. The van der Waals surface area contributed by atoms with Gasteiger partial charge in [-0.2, -0.15) is 0 Å². The summed E-state index contributed by atoms with van der Waals surface area (Å²) in [4.78, 5) is 50.5. The molecule has 45 heavy (non-hydrogen) atoms. The predicted octanol–water partition coefficient (Wildman–Crippen LogP) is 4.53. The Kier molecular flexibility index (Phi) is 11.5. The van der Waals surface area contributed by atoms with E-state index in [9.17, 15) is 19.2 Å². The van der Waals surface area contributed by atoms with Gasteiger partial charge in [-0.3, -0.25) is 19.4 Å². The van der Waals surface area contributed by atoms with Gasteiger partial charge in [0.05, 0.1) is 52.0 Å². The SMILES string of the molecule is COC(=O)C[C@H](c1ccc(NC(=O)Cc2ccc(NC(=O)Nc3ccccc3C)c(OC)c2)cc1)N(C(C)=O)N1CCOCC1. The zero-order valence-electron chi connectivity index (χ0n) is 25.9. The molecule has 1 heterocycles. The Labute approximate surface area is 262 Å². The maximum Gasteiger partial charge on any atom is 0.323 e. The number of hydrogen-bond donors (Lipinski definition) is 3. The molecule has 1 fully saturated rings. The van der Waals surface area contributed by atoms with Crippen molar-refractivity contribution in [2.45, 2.75) is 32.7 Å². The molecule has 0 spiro atoms. The number of para-hydroxylation sites is 1. The van der Waals surface area contributed by atoms with E-state index in [4.69, 9.17) is 14.2 Å². The predicted molar refractivity (Wildman–Crippen MR) is 170 cm³/mol. The molecular weight excluding hydrogens is 578 g/mol. The molecule has 12 nitrogen and oxygen atoms in total. The number of anilines is 3. The van der Waals surface area contributed by atoms with Crippen molar-refractivity contribution in [3.63, 3.8) is 0 Å². The molecule has 1 aliphatic heterocycles. The van der Waals surface area contributed by atoms with Crippen molar-refractivity contribution in [2.24, 2.45) is 0 Å². The van der Waals surface area contributed by atoms with Gasteiger partial charge < -0.3 is 30.2 Å². The number of morpholine rings is 1. The Morgan fingerprint density at radius 3 is 2.24 bits per heavy atom. The van der Waals surface area contributed by atoms with Gasteiger partial charge in [0.25, 0.3) is 0 Å². The van der Waals surface area contributed by atoms with Gasteiger partial charge in [0.1, 0.15) is 5.75 Å². The molecule has 0 saturated carbocycles. The Morgan fingerprint density at radius 1 is 0.911 bits per heavy atom. The zero-order valence-corrected chi connectivity index (χ0v) is 25.9. The van der Waals surface area contributed by atoms with Gasteiger partial charge >= 0.3 is 12.0 Å². The number of urea groups is 1. The summed E-state index contributed by atoms with van der Waals surface area (Å²) < 4.78 is 15.8. The summed E-state index contributed by atoms with van der Waals surface area (Å²) in [6.45, 7) is 5.37. The van der Waals surface area contributed by atoms with E-state index in [0.29, 0.717) is 54.7 Å². The lowest BCUT2D eigenvalue weighted by Gasteiger charge is -2.41. The molecular formula is C33H39N5O7. The van der Waals surface area contributed by atoms with Crippen LogP contribution in [0.3, 0.4) is 0 Å². The van der Waals surface area contributed by atoms with Crippen LogP contribution in [0.1, 0.15) is 36.1 Å². The van der Waals surface area contributed by atoms with Crippen molar-refractivity contribution in [3.8, 4) is 5.75 Å². The number of esters is 1. The first-order valence-electron chi connectivity index (χ1n) is 14.6. The highest BCUT2D eigenvalue weighted by atomic mass is 16.5. The van der Waals surface area contributed by atoms with Crippen molar-refractivity contribution in [3.05, 3.63) is 83.4 Å². The standard InChI is InChI=1S/C33H39N5O7/c1-22-7-5-6-8-27(22)35-33(42)36-28-14-9-24(19-30(28)43-3)20-31(40)34-26-12-10-25(11-13-26)29(21-32(41)44-4)38(23(2)39)37-15-17-45-18-16-37/h5-14,19,29H,15-18,20-21H2,1-4H3,(H,34,40)(H2,35,36,42)/t29-/m1/s1. The van der Waals surface area contributed by atoms with Crippen LogP contribution in [0.5, 0.6) is 5.75 Å². The molecule has 0 aromatic heterocycles. The van der Waals surface area contributed by atoms with Crippen LogP contribution in [0, 0.1) is 6.92 Å². The summed E-state index contributed by atoms with van der Waals surface area (Å²) in [6.07, 6.45) is 0.0350. The van der Waals surface area contributed by atoms with Crippen LogP contribution in [0.2, 0.25) is 0 Å². The zero-order chi connectivity index (χ0) is 32.3. The monoisotopic (exact) mass is 617 g/mol. The number of aryl methyl sites for hydroxylation is 1. The molecule has 0 aliphatic carbocycles. The number of hydrazine groups is 1. The number of amides is 4. The van der Waals surface area contributed by atoms with Gasteiger partial charge in [-0.15, -0.1) is 0 Å². The number of nitrogens with zero attached hydrogens (tertiary/aromatic N) is 2. The number of carbonyl (C=O) groups is 4. The van der Waals surface area contributed by atoms with Crippen molar-refractivity contribution in [1.82, 2.24) is 10.0 Å². The second kappa shape index (κ2) is 15.7. The minimum atomic E-state index is -0.587. The summed E-state index contributed by atoms with van der Waals surface area (Å²) >= 11 is 0. The van der Waals surface area contributed by atoms with Crippen LogP contribution >= 0.6 is 0 Å². The van der Waals surface area contributed by atoms with Crippen LogP contribution in [0.25, 0.3) is 0 Å². The minimum absolute atomic E-state index is 0.0284. The molecule has 0 radical (unpaired) electrons. The van der Waals surface area contributed by atoms with E-state index in [2.05, 4.69) is 16.0 Å². The van der Waals surface area contributed by atoms with Crippen molar-refractivity contribution in [1.29, 1.82) is 0 Å². The molecule has 4 rings (SSSR count). The second-order valence-electron chi connectivity index (χ2n) is 10.5. The first-order valence-corrected chi connectivity index (χ1v) is 14.6. The third-order valence-corrected chi connectivity index (χ3v) is 7.35. The largest absolute Gasteiger partial charge is 0.495 e. The van der Waals surface area contributed by atoms with E-state index in [1.54, 1.807) is 47.5 Å².